The van der Waals surface area contributed by atoms with Crippen LogP contribution in [0.25, 0.3) is 0 Å². The third-order valence-electron chi connectivity index (χ3n) is 2.93. The molecule has 1 aromatic heterocycles. The molecule has 5 nitrogen and oxygen atoms in total. The molecule has 18 heavy (non-hydrogen) atoms. The zero-order valence-corrected chi connectivity index (χ0v) is 11.6. The lowest BCUT2D eigenvalue weighted by Gasteiger charge is -2.16. The van der Waals surface area contributed by atoms with Crippen LogP contribution in [0.1, 0.15) is 31.3 Å². The highest BCUT2D eigenvalue weighted by Crippen LogP contribution is 2.16. The number of aromatic nitrogens is 1. The summed E-state index contributed by atoms with van der Waals surface area (Å²) in [5, 5.41) is 3.13. The van der Waals surface area contributed by atoms with Gasteiger partial charge in [0.2, 0.25) is 0 Å². The Hall–Kier alpha value is -1.33. The Morgan fingerprint density at radius 3 is 2.67 bits per heavy atom. The normalized spacial score (nSPS) is 12.3. The molecule has 0 saturated heterocycles. The maximum atomic E-state index is 11.9. The first-order valence-electron chi connectivity index (χ1n) is 5.87. The largest absolute Gasteiger partial charge is 0.350 e. The second-order valence-electron chi connectivity index (χ2n) is 4.60. The summed E-state index contributed by atoms with van der Waals surface area (Å²) in [6.07, 6.45) is 0. The first-order chi connectivity index (χ1) is 8.45. The number of nitrogen functional groups attached to an aromatic ring is 1. The van der Waals surface area contributed by atoms with E-state index in [1.165, 1.54) is 0 Å². The van der Waals surface area contributed by atoms with Gasteiger partial charge in [-0.1, -0.05) is 32.4 Å². The smallest absolute Gasteiger partial charge is 0.271 e. The van der Waals surface area contributed by atoms with E-state index in [0.29, 0.717) is 29.2 Å². The molecule has 0 aliphatic rings. The third kappa shape index (κ3) is 3.85. The number of rotatable bonds is 5. The van der Waals surface area contributed by atoms with Crippen LogP contribution in [0.15, 0.2) is 12.1 Å². The van der Waals surface area contributed by atoms with E-state index >= 15 is 0 Å². The minimum absolute atomic E-state index is 0.183. The van der Waals surface area contributed by atoms with Gasteiger partial charge in [-0.2, -0.15) is 0 Å². The van der Waals surface area contributed by atoms with Crippen LogP contribution in [0.4, 0.5) is 5.82 Å². The third-order valence-corrected chi connectivity index (χ3v) is 3.24. The van der Waals surface area contributed by atoms with Crippen molar-refractivity contribution in [3.8, 4) is 0 Å². The van der Waals surface area contributed by atoms with Gasteiger partial charge in [0.05, 0.1) is 5.02 Å². The predicted octanol–water partition coefficient (Wildman–Crippen LogP) is 2.04. The Kier molecular flexibility index (Phi) is 5.37. The zero-order chi connectivity index (χ0) is 13.7. The molecule has 6 heteroatoms. The number of anilines is 1. The Balaban J connectivity index is 2.72. The molecular formula is C12H19ClN4O. The number of carbonyl (C=O) groups is 1. The molecule has 100 valence electrons. The molecular weight excluding hydrogens is 252 g/mol. The molecule has 1 amide bonds. The van der Waals surface area contributed by atoms with Gasteiger partial charge in [-0.15, -0.1) is 0 Å². The van der Waals surface area contributed by atoms with Crippen LogP contribution in [-0.2, 0) is 0 Å². The van der Waals surface area contributed by atoms with Crippen molar-refractivity contribution >= 4 is 23.3 Å². The number of hydrazine groups is 1. The van der Waals surface area contributed by atoms with Crippen molar-refractivity contribution in [2.75, 3.05) is 12.0 Å². The van der Waals surface area contributed by atoms with Crippen molar-refractivity contribution in [1.82, 2.24) is 10.3 Å². The minimum atomic E-state index is -0.287. The maximum Gasteiger partial charge on any atom is 0.271 e. The van der Waals surface area contributed by atoms with Gasteiger partial charge in [-0.25, -0.2) is 10.8 Å². The Bertz CT molecular complexity index is 423. The summed E-state index contributed by atoms with van der Waals surface area (Å²) >= 11 is 5.93. The highest BCUT2D eigenvalue weighted by atomic mass is 35.5. The van der Waals surface area contributed by atoms with Gasteiger partial charge in [0.25, 0.3) is 5.91 Å². The topological polar surface area (TPSA) is 80.0 Å². The van der Waals surface area contributed by atoms with Crippen LogP contribution >= 0.6 is 11.6 Å². The lowest BCUT2D eigenvalue weighted by atomic mass is 9.98. The van der Waals surface area contributed by atoms with Gasteiger partial charge in [0.15, 0.2) is 0 Å². The summed E-state index contributed by atoms with van der Waals surface area (Å²) < 4.78 is 0. The lowest BCUT2D eigenvalue weighted by Crippen LogP contribution is -2.31. The predicted molar refractivity (Wildman–Crippen MR) is 73.4 cm³/mol. The van der Waals surface area contributed by atoms with Crippen LogP contribution in [0.3, 0.4) is 0 Å². The van der Waals surface area contributed by atoms with Gasteiger partial charge in [-0.05, 0) is 24.0 Å². The molecule has 0 fully saturated rings. The van der Waals surface area contributed by atoms with E-state index in [4.69, 9.17) is 17.4 Å². The molecule has 0 bridgehead atoms. The maximum absolute atomic E-state index is 11.9. The fourth-order valence-corrected chi connectivity index (χ4v) is 1.45. The van der Waals surface area contributed by atoms with E-state index in [9.17, 15) is 4.79 Å². The minimum Gasteiger partial charge on any atom is -0.350 e. The molecule has 4 N–H and O–H groups in total. The van der Waals surface area contributed by atoms with E-state index in [1.807, 2.05) is 0 Å². The fraction of sp³-hybridized carbons (Fsp3) is 0.500. The zero-order valence-electron chi connectivity index (χ0n) is 10.8. The van der Waals surface area contributed by atoms with Gasteiger partial charge >= 0.3 is 0 Å². The van der Waals surface area contributed by atoms with Crippen LogP contribution in [0, 0.1) is 11.8 Å². The average Bonchev–Trinajstić information content (AvgIpc) is 2.35. The highest BCUT2D eigenvalue weighted by Gasteiger charge is 2.15. The number of hydrogen-bond acceptors (Lipinski definition) is 4. The Morgan fingerprint density at radius 2 is 2.11 bits per heavy atom. The van der Waals surface area contributed by atoms with Crippen LogP contribution < -0.4 is 16.6 Å². The van der Waals surface area contributed by atoms with Crippen molar-refractivity contribution < 1.29 is 4.79 Å². The molecule has 1 unspecified atom stereocenters. The van der Waals surface area contributed by atoms with Gasteiger partial charge in [0.1, 0.15) is 11.5 Å². The van der Waals surface area contributed by atoms with Crippen LogP contribution in [0.2, 0.25) is 5.02 Å². The molecule has 1 rings (SSSR count). The van der Waals surface area contributed by atoms with Crippen molar-refractivity contribution in [1.29, 1.82) is 0 Å². The van der Waals surface area contributed by atoms with Gasteiger partial charge < -0.3 is 10.7 Å². The van der Waals surface area contributed by atoms with Crippen molar-refractivity contribution in [2.24, 2.45) is 17.7 Å². The SMILES string of the molecule is CC(C)C(C)CNC(=O)c1nc(NN)ccc1Cl. The fourth-order valence-electron chi connectivity index (χ4n) is 1.25. The van der Waals surface area contributed by atoms with E-state index in [0.717, 1.165) is 0 Å². The number of amides is 1. The van der Waals surface area contributed by atoms with Crippen molar-refractivity contribution in [3.05, 3.63) is 22.8 Å². The van der Waals surface area contributed by atoms with Gasteiger partial charge in [-0.3, -0.25) is 4.79 Å². The molecule has 0 radical (unpaired) electrons. The summed E-state index contributed by atoms with van der Waals surface area (Å²) in [7, 11) is 0. The van der Waals surface area contributed by atoms with Crippen LogP contribution in [-0.4, -0.2) is 17.4 Å². The lowest BCUT2D eigenvalue weighted by molar-refractivity contribution is 0.0940. The van der Waals surface area contributed by atoms with Crippen molar-refractivity contribution in [2.45, 2.75) is 20.8 Å². The first-order valence-corrected chi connectivity index (χ1v) is 6.24. The molecule has 1 atom stereocenters. The van der Waals surface area contributed by atoms with Crippen molar-refractivity contribution in [3.63, 3.8) is 0 Å². The first kappa shape index (κ1) is 14.7. The average molecular weight is 271 g/mol. The summed E-state index contributed by atoms with van der Waals surface area (Å²) in [6, 6.07) is 3.19. The molecule has 0 aromatic carbocycles. The standard InChI is InChI=1S/C12H19ClN4O/c1-7(2)8(3)6-15-12(18)11-9(13)4-5-10(16-11)17-14/h4-5,7-8H,6,14H2,1-3H3,(H,15,18)(H,16,17). The molecule has 1 heterocycles. The van der Waals surface area contributed by atoms with Gasteiger partial charge in [0, 0.05) is 6.54 Å². The molecule has 1 aromatic rings. The highest BCUT2D eigenvalue weighted by molar-refractivity contribution is 6.33. The molecule has 0 aliphatic carbocycles. The van der Waals surface area contributed by atoms with E-state index in [1.54, 1.807) is 12.1 Å². The monoisotopic (exact) mass is 270 g/mol. The Morgan fingerprint density at radius 1 is 1.44 bits per heavy atom. The second-order valence-corrected chi connectivity index (χ2v) is 5.01. The molecule has 0 aliphatic heterocycles. The quantitative estimate of drug-likeness (QED) is 0.565. The van der Waals surface area contributed by atoms with E-state index < -0.39 is 0 Å². The number of nitrogens with one attached hydrogen (secondary N) is 2. The number of carbonyl (C=O) groups excluding carboxylic acids is 1. The number of halogens is 1. The number of nitrogens with zero attached hydrogens (tertiary/aromatic N) is 1. The summed E-state index contributed by atoms with van der Waals surface area (Å²) in [6.45, 7) is 6.90. The van der Waals surface area contributed by atoms with Crippen LogP contribution in [0.5, 0.6) is 0 Å². The summed E-state index contributed by atoms with van der Waals surface area (Å²) in [5.74, 6) is 6.26. The summed E-state index contributed by atoms with van der Waals surface area (Å²) in [5.41, 5.74) is 2.57. The number of hydrogen-bond donors (Lipinski definition) is 3. The van der Waals surface area contributed by atoms with E-state index in [-0.39, 0.29) is 11.6 Å². The number of pyridine rings is 1. The van der Waals surface area contributed by atoms with E-state index in [2.05, 4.69) is 36.5 Å². The Labute approximate surface area is 112 Å². The number of nitrogens with two attached hydrogens (primary N) is 1. The summed E-state index contributed by atoms with van der Waals surface area (Å²) in [4.78, 5) is 16.0. The second kappa shape index (κ2) is 6.56. The molecule has 0 spiro atoms. The molecule has 0 saturated carbocycles.